The predicted octanol–water partition coefficient (Wildman–Crippen LogP) is 8.81. The highest BCUT2D eigenvalue weighted by Gasteiger charge is 2.41. The Morgan fingerprint density at radius 3 is 1.96 bits per heavy atom. The zero-order chi connectivity index (χ0) is 35.3. The van der Waals surface area contributed by atoms with Crippen LogP contribution in [-0.2, 0) is 30.2 Å². The number of nitrogens with two attached hydrogens (primary N) is 1. The first-order chi connectivity index (χ1) is 23.2. The number of benzene rings is 1. The number of esters is 2. The number of rotatable bonds is 25. The van der Waals surface area contributed by atoms with Crippen molar-refractivity contribution in [3.8, 4) is 5.75 Å². The Kier molecular flexibility index (Phi) is 20.2. The minimum atomic E-state index is -0.764. The molecule has 8 nitrogen and oxygen atoms in total. The number of nitrogens with one attached hydrogen (secondary N) is 1. The van der Waals surface area contributed by atoms with Crippen LogP contribution in [-0.4, -0.2) is 50.5 Å². The summed E-state index contributed by atoms with van der Waals surface area (Å²) in [7, 11) is 0. The summed E-state index contributed by atoms with van der Waals surface area (Å²) in [6.07, 6.45) is 17.0. The number of hydrogen-bond donors (Lipinski definition) is 2. The van der Waals surface area contributed by atoms with E-state index in [0.29, 0.717) is 41.4 Å². The number of allylic oxidation sites excluding steroid dienone is 1. The maximum absolute atomic E-state index is 13.8. The van der Waals surface area contributed by atoms with Crippen molar-refractivity contribution in [3.05, 3.63) is 51.9 Å². The van der Waals surface area contributed by atoms with Crippen molar-refractivity contribution in [3.63, 3.8) is 0 Å². The summed E-state index contributed by atoms with van der Waals surface area (Å²) in [4.78, 5) is 27.7. The second-order valence-corrected chi connectivity index (χ2v) is 13.5. The van der Waals surface area contributed by atoms with Crippen LogP contribution >= 0.6 is 0 Å². The lowest BCUT2D eigenvalue weighted by Gasteiger charge is -2.34. The molecular formula is C40H66N2O6. The van der Waals surface area contributed by atoms with Gasteiger partial charge in [-0.1, -0.05) is 96.1 Å². The van der Waals surface area contributed by atoms with Crippen molar-refractivity contribution in [1.29, 1.82) is 0 Å². The molecule has 1 atom stereocenters. The van der Waals surface area contributed by atoms with E-state index in [4.69, 9.17) is 24.7 Å². The Morgan fingerprint density at radius 2 is 1.42 bits per heavy atom. The van der Waals surface area contributed by atoms with E-state index in [2.05, 4.69) is 18.3 Å². The Hall–Kier alpha value is -2.84. The van der Waals surface area contributed by atoms with Crippen molar-refractivity contribution in [2.75, 3.05) is 26.4 Å². The minimum Gasteiger partial charge on any atom is -0.491 e. The molecule has 0 radical (unpaired) electrons. The van der Waals surface area contributed by atoms with Gasteiger partial charge in [-0.05, 0) is 66.0 Å². The third-order valence-corrected chi connectivity index (χ3v) is 8.57. The van der Waals surface area contributed by atoms with Gasteiger partial charge in [0.25, 0.3) is 0 Å². The number of aryl methyl sites for hydroxylation is 1. The molecule has 0 fully saturated rings. The zero-order valence-electron chi connectivity index (χ0n) is 31.2. The Balaban J connectivity index is 2.38. The van der Waals surface area contributed by atoms with Crippen molar-refractivity contribution in [1.82, 2.24) is 5.32 Å². The lowest BCUT2D eigenvalue weighted by molar-refractivity contribution is -0.143. The van der Waals surface area contributed by atoms with Crippen molar-refractivity contribution >= 4 is 11.9 Å². The lowest BCUT2D eigenvalue weighted by Crippen LogP contribution is -2.36. The fraction of sp³-hybridized carbons (Fsp3) is 0.700. The fourth-order valence-corrected chi connectivity index (χ4v) is 6.38. The van der Waals surface area contributed by atoms with E-state index < -0.39 is 17.9 Å². The summed E-state index contributed by atoms with van der Waals surface area (Å²) < 4.78 is 23.6. The summed E-state index contributed by atoms with van der Waals surface area (Å²) in [5, 5.41) is 3.29. The molecule has 1 heterocycles. The summed E-state index contributed by atoms with van der Waals surface area (Å²) in [5.74, 6) is -1.10. The van der Waals surface area contributed by atoms with Gasteiger partial charge in [-0.25, -0.2) is 9.59 Å². The summed E-state index contributed by atoms with van der Waals surface area (Å²) in [6, 6.07) is 6.03. The molecule has 1 aliphatic rings. The van der Waals surface area contributed by atoms with Gasteiger partial charge >= 0.3 is 11.9 Å². The molecule has 1 aromatic rings. The molecule has 1 aliphatic heterocycles. The molecular weight excluding hydrogens is 604 g/mol. The monoisotopic (exact) mass is 670 g/mol. The van der Waals surface area contributed by atoms with Crippen LogP contribution in [0.1, 0.15) is 149 Å². The van der Waals surface area contributed by atoms with E-state index in [-0.39, 0.29) is 25.4 Å². The van der Waals surface area contributed by atoms with Gasteiger partial charge in [0.15, 0.2) is 0 Å². The Labute approximate surface area is 291 Å². The summed E-state index contributed by atoms with van der Waals surface area (Å²) >= 11 is 0. The van der Waals surface area contributed by atoms with Crippen LogP contribution in [0.2, 0.25) is 0 Å². The third kappa shape index (κ3) is 13.9. The van der Waals surface area contributed by atoms with Crippen LogP contribution in [0.15, 0.2) is 40.7 Å². The van der Waals surface area contributed by atoms with Gasteiger partial charge in [-0.15, -0.1) is 0 Å². The summed E-state index contributed by atoms with van der Waals surface area (Å²) in [5.41, 5.74) is 9.44. The molecule has 3 N–H and O–H groups in total. The van der Waals surface area contributed by atoms with Crippen molar-refractivity contribution < 1.29 is 28.5 Å². The average molecular weight is 671 g/mol. The van der Waals surface area contributed by atoms with Gasteiger partial charge in [0.1, 0.15) is 5.75 Å². The third-order valence-electron chi connectivity index (χ3n) is 8.57. The van der Waals surface area contributed by atoms with Gasteiger partial charge in [0.2, 0.25) is 0 Å². The molecule has 0 saturated carbocycles. The number of carbonyl (C=O) groups is 2. The van der Waals surface area contributed by atoms with Crippen LogP contribution in [0.25, 0.3) is 0 Å². The molecule has 48 heavy (non-hydrogen) atoms. The first-order valence-corrected chi connectivity index (χ1v) is 18.8. The first-order valence-electron chi connectivity index (χ1n) is 18.8. The van der Waals surface area contributed by atoms with Gasteiger partial charge in [-0.2, -0.15) is 0 Å². The van der Waals surface area contributed by atoms with E-state index >= 15 is 0 Å². The topological polar surface area (TPSA) is 109 Å². The Bertz CT molecular complexity index is 1170. The molecule has 1 aromatic carbocycles. The summed E-state index contributed by atoms with van der Waals surface area (Å²) in [6.45, 7) is 14.5. The smallest absolute Gasteiger partial charge is 0.337 e. The molecule has 0 bridgehead atoms. The maximum atomic E-state index is 13.8. The van der Waals surface area contributed by atoms with Crippen LogP contribution in [0.5, 0.6) is 5.75 Å². The van der Waals surface area contributed by atoms with Crippen molar-refractivity contribution in [2.24, 2.45) is 5.73 Å². The fourth-order valence-electron chi connectivity index (χ4n) is 6.38. The van der Waals surface area contributed by atoms with E-state index in [1.165, 1.54) is 70.6 Å². The molecule has 2 rings (SSSR count). The minimum absolute atomic E-state index is 0.115. The van der Waals surface area contributed by atoms with Crippen LogP contribution < -0.4 is 15.8 Å². The second-order valence-electron chi connectivity index (χ2n) is 13.5. The van der Waals surface area contributed by atoms with E-state index in [1.807, 2.05) is 46.8 Å². The van der Waals surface area contributed by atoms with Gasteiger partial charge in [0, 0.05) is 17.8 Å². The number of hydrogen-bond acceptors (Lipinski definition) is 8. The molecule has 0 amide bonds. The molecule has 0 spiro atoms. The van der Waals surface area contributed by atoms with Gasteiger partial charge in [0.05, 0.1) is 54.8 Å². The molecule has 8 heteroatoms. The van der Waals surface area contributed by atoms with E-state index in [9.17, 15) is 9.59 Å². The molecule has 0 aliphatic carbocycles. The normalized spacial score (nSPS) is 14.9. The van der Waals surface area contributed by atoms with Crippen LogP contribution in [0.4, 0.5) is 0 Å². The Morgan fingerprint density at radius 1 is 0.812 bits per heavy atom. The SMILES string of the molecule is CCCCCCCCCCCCCCCc1cccc(OC(C)C)c1C1C(C(=O)OC(C)C)=C(C)NC(COCCN)=C1C(=O)OCC. The van der Waals surface area contributed by atoms with Gasteiger partial charge < -0.3 is 30.0 Å². The standard InChI is InChI=1S/C40H66N2O6/c1-8-10-11-12-13-14-15-16-17-18-19-20-21-23-32-24-22-25-34(47-29(3)4)36(32)38-35(40(44)48-30(5)6)31(7)42-33(28-45-27-26-41)37(38)39(43)46-9-2/h22,24-25,29-30,38,42H,8-21,23,26-28,41H2,1-7H3. The number of unbranched alkanes of at least 4 members (excludes halogenated alkanes) is 12. The van der Waals surface area contributed by atoms with Crippen molar-refractivity contribution in [2.45, 2.75) is 156 Å². The highest BCUT2D eigenvalue weighted by Crippen LogP contribution is 2.45. The molecule has 0 saturated heterocycles. The van der Waals surface area contributed by atoms with Crippen LogP contribution in [0.3, 0.4) is 0 Å². The van der Waals surface area contributed by atoms with Gasteiger partial charge in [-0.3, -0.25) is 0 Å². The largest absolute Gasteiger partial charge is 0.491 e. The zero-order valence-corrected chi connectivity index (χ0v) is 31.2. The lowest BCUT2D eigenvalue weighted by atomic mass is 9.77. The number of dihydropyridines is 1. The maximum Gasteiger partial charge on any atom is 0.337 e. The van der Waals surface area contributed by atoms with Crippen LogP contribution in [0, 0.1) is 0 Å². The van der Waals surface area contributed by atoms with E-state index in [1.54, 1.807) is 6.92 Å². The highest BCUT2D eigenvalue weighted by atomic mass is 16.5. The second kappa shape index (κ2) is 23.5. The molecule has 272 valence electrons. The number of carbonyl (C=O) groups excluding carboxylic acids is 2. The van der Waals surface area contributed by atoms with E-state index in [0.717, 1.165) is 30.4 Å². The molecule has 0 aromatic heterocycles. The molecule has 1 unspecified atom stereocenters. The number of ether oxygens (including phenoxy) is 4. The highest BCUT2D eigenvalue weighted by molar-refractivity contribution is 6.00. The quantitative estimate of drug-likeness (QED) is 0.0785. The predicted molar refractivity (Wildman–Crippen MR) is 195 cm³/mol. The first kappa shape index (κ1) is 41.3. The average Bonchev–Trinajstić information content (AvgIpc) is 3.02.